The largest absolute Gasteiger partial charge is 0.469 e. The van der Waals surface area contributed by atoms with Gasteiger partial charge in [0, 0.05) is 13.0 Å². The van der Waals surface area contributed by atoms with Crippen LogP contribution in [0, 0.1) is 0 Å². The second kappa shape index (κ2) is 15.1. The summed E-state index contributed by atoms with van der Waals surface area (Å²) in [7, 11) is 1.27. The Morgan fingerprint density at radius 2 is 1.88 bits per heavy atom. The molecule has 138 valence electrons. The van der Waals surface area contributed by atoms with Gasteiger partial charge in [-0.15, -0.1) is 0 Å². The van der Waals surface area contributed by atoms with Crippen molar-refractivity contribution in [3.05, 3.63) is 24.3 Å². The van der Waals surface area contributed by atoms with Gasteiger partial charge in [0.05, 0.1) is 13.2 Å². The zero-order chi connectivity index (χ0) is 18.2. The van der Waals surface area contributed by atoms with Gasteiger partial charge in [-0.25, -0.2) is 0 Å². The fourth-order valence-corrected chi connectivity index (χ4v) is 2.09. The van der Waals surface area contributed by atoms with E-state index in [0.717, 1.165) is 6.42 Å². The highest BCUT2D eigenvalue weighted by atomic mass is 16.7. The fraction of sp³-hybridized carbons (Fsp3) is 0.684. The van der Waals surface area contributed by atoms with Gasteiger partial charge in [-0.3, -0.25) is 9.59 Å². The van der Waals surface area contributed by atoms with Crippen LogP contribution in [0.15, 0.2) is 24.3 Å². The Hall–Kier alpha value is -1.46. The first kappa shape index (κ1) is 22.5. The molecule has 0 aliphatic rings. The van der Waals surface area contributed by atoms with Crippen molar-refractivity contribution in [1.29, 1.82) is 0 Å². The molecule has 2 atom stereocenters. The van der Waals surface area contributed by atoms with E-state index in [2.05, 4.69) is 17.7 Å². The van der Waals surface area contributed by atoms with Gasteiger partial charge in [0.1, 0.15) is 12.2 Å². The van der Waals surface area contributed by atoms with E-state index in [4.69, 9.17) is 9.47 Å². The second-order valence-electron chi connectivity index (χ2n) is 5.50. The lowest BCUT2D eigenvalue weighted by atomic mass is 10.1. The van der Waals surface area contributed by atoms with Crippen molar-refractivity contribution in [1.82, 2.24) is 0 Å². The Labute approximate surface area is 146 Å². The highest BCUT2D eigenvalue weighted by Gasteiger charge is 2.17. The van der Waals surface area contributed by atoms with Crippen molar-refractivity contribution in [3.8, 4) is 0 Å². The molecule has 0 aromatic rings. The summed E-state index contributed by atoms with van der Waals surface area (Å²) in [5, 5.41) is 0. The number of allylic oxidation sites excluding steroid dienone is 3. The van der Waals surface area contributed by atoms with E-state index in [1.54, 1.807) is 6.92 Å². The number of carbonyl (C=O) groups is 2. The van der Waals surface area contributed by atoms with Crippen molar-refractivity contribution in [3.63, 3.8) is 0 Å². The molecule has 0 aromatic heterocycles. The predicted molar refractivity (Wildman–Crippen MR) is 94.6 cm³/mol. The molecule has 0 aliphatic carbocycles. The molecule has 0 amide bonds. The van der Waals surface area contributed by atoms with E-state index < -0.39 is 18.4 Å². The lowest BCUT2D eigenvalue weighted by molar-refractivity contribution is -0.153. The third-order valence-electron chi connectivity index (χ3n) is 3.31. The quantitative estimate of drug-likeness (QED) is 0.157. The van der Waals surface area contributed by atoms with Gasteiger partial charge in [0.2, 0.25) is 0 Å². The van der Waals surface area contributed by atoms with Crippen LogP contribution in [0.3, 0.4) is 0 Å². The van der Waals surface area contributed by atoms with Crippen LogP contribution >= 0.6 is 0 Å². The minimum atomic E-state index is -0.531. The molecular formula is C19H32O5. The number of carbonyl (C=O) groups excluding carboxylic acids is 2. The summed E-state index contributed by atoms with van der Waals surface area (Å²) in [6.45, 7) is 6.38. The summed E-state index contributed by atoms with van der Waals surface area (Å²) in [6, 6.07) is 0. The number of rotatable bonds is 14. The van der Waals surface area contributed by atoms with Gasteiger partial charge in [-0.05, 0) is 26.7 Å². The van der Waals surface area contributed by atoms with Gasteiger partial charge in [-0.1, -0.05) is 44.1 Å². The van der Waals surface area contributed by atoms with Gasteiger partial charge >= 0.3 is 5.97 Å². The van der Waals surface area contributed by atoms with Crippen molar-refractivity contribution >= 4 is 11.8 Å². The molecule has 0 spiro atoms. The van der Waals surface area contributed by atoms with Gasteiger partial charge < -0.3 is 14.2 Å². The van der Waals surface area contributed by atoms with E-state index in [9.17, 15) is 9.59 Å². The summed E-state index contributed by atoms with van der Waals surface area (Å²) in [6.07, 6.45) is 11.5. The Morgan fingerprint density at radius 1 is 1.12 bits per heavy atom. The van der Waals surface area contributed by atoms with Crippen molar-refractivity contribution < 1.29 is 23.8 Å². The number of hydrogen-bond donors (Lipinski definition) is 0. The molecule has 0 radical (unpaired) electrons. The smallest absolute Gasteiger partial charge is 0.313 e. The molecule has 5 heteroatoms. The average Bonchev–Trinajstić information content (AvgIpc) is 2.53. The van der Waals surface area contributed by atoms with E-state index in [0.29, 0.717) is 6.61 Å². The SMILES string of the molecule is CCCCC/C=C/C=C/C(CC(=O)CC(=O)OC)OC(C)OCC. The van der Waals surface area contributed by atoms with E-state index in [1.807, 2.05) is 25.2 Å². The minimum Gasteiger partial charge on any atom is -0.469 e. The number of unbranched alkanes of at least 4 members (excludes halogenated alkanes) is 3. The van der Waals surface area contributed by atoms with E-state index >= 15 is 0 Å². The van der Waals surface area contributed by atoms with Crippen molar-refractivity contribution in [2.75, 3.05) is 13.7 Å². The maximum absolute atomic E-state index is 11.9. The zero-order valence-electron chi connectivity index (χ0n) is 15.5. The molecule has 0 saturated carbocycles. The number of Topliss-reactive ketones (excluding diaryl/α,β-unsaturated/α-hetero) is 1. The molecule has 5 nitrogen and oxygen atoms in total. The first-order valence-electron chi connectivity index (χ1n) is 8.72. The molecule has 0 aliphatic heterocycles. The summed E-state index contributed by atoms with van der Waals surface area (Å²) < 4.78 is 15.6. The first-order valence-corrected chi connectivity index (χ1v) is 8.72. The third kappa shape index (κ3) is 13.0. The van der Waals surface area contributed by atoms with Crippen molar-refractivity contribution in [2.45, 2.75) is 71.7 Å². The molecule has 0 bridgehead atoms. The molecule has 24 heavy (non-hydrogen) atoms. The van der Waals surface area contributed by atoms with Gasteiger partial charge in [0.25, 0.3) is 0 Å². The zero-order valence-corrected chi connectivity index (χ0v) is 15.5. The first-order chi connectivity index (χ1) is 11.5. The summed E-state index contributed by atoms with van der Waals surface area (Å²) in [5.41, 5.74) is 0. The Kier molecular flexibility index (Phi) is 14.2. The number of hydrogen-bond acceptors (Lipinski definition) is 5. The third-order valence-corrected chi connectivity index (χ3v) is 3.31. The number of ketones is 1. The molecule has 0 saturated heterocycles. The highest BCUT2D eigenvalue weighted by molar-refractivity contribution is 5.95. The lowest BCUT2D eigenvalue weighted by Crippen LogP contribution is -2.24. The van der Waals surface area contributed by atoms with Crippen LogP contribution in [0.5, 0.6) is 0 Å². The topological polar surface area (TPSA) is 61.8 Å². The van der Waals surface area contributed by atoms with E-state index in [-0.39, 0.29) is 18.6 Å². The average molecular weight is 340 g/mol. The van der Waals surface area contributed by atoms with Crippen molar-refractivity contribution in [2.24, 2.45) is 0 Å². The van der Waals surface area contributed by atoms with Crippen LogP contribution in [-0.2, 0) is 23.8 Å². The fourth-order valence-electron chi connectivity index (χ4n) is 2.09. The van der Waals surface area contributed by atoms with E-state index in [1.165, 1.54) is 26.4 Å². The lowest BCUT2D eigenvalue weighted by Gasteiger charge is -2.19. The minimum absolute atomic E-state index is 0.118. The van der Waals surface area contributed by atoms with Crippen LogP contribution in [-0.4, -0.2) is 37.9 Å². The van der Waals surface area contributed by atoms with Crippen LogP contribution in [0.4, 0.5) is 0 Å². The number of esters is 1. The monoisotopic (exact) mass is 340 g/mol. The predicted octanol–water partition coefficient (Wildman–Crippen LogP) is 3.97. The van der Waals surface area contributed by atoms with Crippen LogP contribution in [0.25, 0.3) is 0 Å². The van der Waals surface area contributed by atoms with Crippen LogP contribution in [0.2, 0.25) is 0 Å². The molecule has 0 aromatic carbocycles. The molecule has 0 heterocycles. The Morgan fingerprint density at radius 3 is 2.50 bits per heavy atom. The maximum Gasteiger partial charge on any atom is 0.313 e. The number of ether oxygens (including phenoxy) is 3. The summed E-state index contributed by atoms with van der Waals surface area (Å²) >= 11 is 0. The molecule has 0 N–H and O–H groups in total. The summed E-state index contributed by atoms with van der Waals surface area (Å²) in [5.74, 6) is -0.747. The van der Waals surface area contributed by atoms with Crippen LogP contribution < -0.4 is 0 Å². The standard InChI is InChI=1S/C19H32O5/c1-5-7-8-9-10-11-12-13-18(24-16(3)23-6-2)14-17(20)15-19(21)22-4/h10-13,16,18H,5-9,14-15H2,1-4H3/b11-10+,13-12+. The second-order valence-corrected chi connectivity index (χ2v) is 5.50. The van der Waals surface area contributed by atoms with Gasteiger partial charge in [-0.2, -0.15) is 0 Å². The molecule has 0 rings (SSSR count). The summed E-state index contributed by atoms with van der Waals surface area (Å²) in [4.78, 5) is 23.1. The van der Waals surface area contributed by atoms with Crippen LogP contribution in [0.1, 0.15) is 59.3 Å². The number of methoxy groups -OCH3 is 1. The Bertz CT molecular complexity index is 401. The molecule has 2 unspecified atom stereocenters. The Balaban J connectivity index is 4.51. The molecule has 0 fully saturated rings. The van der Waals surface area contributed by atoms with Gasteiger partial charge in [0.15, 0.2) is 6.29 Å². The maximum atomic E-state index is 11.9. The molecular weight excluding hydrogens is 308 g/mol. The highest BCUT2D eigenvalue weighted by Crippen LogP contribution is 2.09. The normalized spacial score (nSPS) is 14.2.